The maximum atomic E-state index is 11.6. The van der Waals surface area contributed by atoms with Gasteiger partial charge in [0, 0.05) is 30.5 Å². The van der Waals surface area contributed by atoms with Gasteiger partial charge in [-0.15, -0.1) is 0 Å². The van der Waals surface area contributed by atoms with Crippen LogP contribution >= 0.6 is 11.3 Å². The van der Waals surface area contributed by atoms with E-state index in [2.05, 4.69) is 10.6 Å². The zero-order valence-electron chi connectivity index (χ0n) is 12.8. The Kier molecular flexibility index (Phi) is 7.04. The van der Waals surface area contributed by atoms with Crippen molar-refractivity contribution in [2.75, 3.05) is 13.1 Å². The second-order valence-electron chi connectivity index (χ2n) is 5.66. The Bertz CT molecular complexity index is 512. The Morgan fingerprint density at radius 3 is 2.55 bits per heavy atom. The average molecular weight is 326 g/mol. The standard InChI is InChI=1S/C15H22N2O4S/c1-15(2,14(20)21)6-8-16-12(18)4-3-7-17-13(19)11-5-9-22-10-11/h5,9-10H,3-4,6-8H2,1-2H3,(H,16,18)(H,17,19)(H,20,21). The maximum absolute atomic E-state index is 11.6. The second-order valence-corrected chi connectivity index (χ2v) is 6.44. The summed E-state index contributed by atoms with van der Waals surface area (Å²) in [6, 6.07) is 1.75. The lowest BCUT2D eigenvalue weighted by molar-refractivity contribution is -0.147. The first-order valence-corrected chi connectivity index (χ1v) is 8.08. The minimum Gasteiger partial charge on any atom is -0.481 e. The van der Waals surface area contributed by atoms with E-state index in [0.717, 1.165) is 0 Å². The predicted molar refractivity (Wildman–Crippen MR) is 84.9 cm³/mol. The van der Waals surface area contributed by atoms with Crippen molar-refractivity contribution in [1.29, 1.82) is 0 Å². The fraction of sp³-hybridized carbons (Fsp3) is 0.533. The van der Waals surface area contributed by atoms with Crippen molar-refractivity contribution in [2.24, 2.45) is 5.41 Å². The molecule has 0 aliphatic carbocycles. The zero-order chi connectivity index (χ0) is 16.6. The number of thiophene rings is 1. The highest BCUT2D eigenvalue weighted by Gasteiger charge is 2.26. The van der Waals surface area contributed by atoms with E-state index in [4.69, 9.17) is 5.11 Å². The van der Waals surface area contributed by atoms with Gasteiger partial charge < -0.3 is 15.7 Å². The van der Waals surface area contributed by atoms with Crippen LogP contribution in [0.25, 0.3) is 0 Å². The molecule has 3 N–H and O–H groups in total. The molecule has 1 aromatic heterocycles. The first-order chi connectivity index (χ1) is 10.3. The quantitative estimate of drug-likeness (QED) is 0.604. The van der Waals surface area contributed by atoms with Crippen LogP contribution in [0.15, 0.2) is 16.8 Å². The molecule has 0 unspecified atom stereocenters. The maximum Gasteiger partial charge on any atom is 0.309 e. The molecule has 0 bridgehead atoms. The first-order valence-electron chi connectivity index (χ1n) is 7.13. The van der Waals surface area contributed by atoms with Crippen molar-refractivity contribution in [3.05, 3.63) is 22.4 Å². The third kappa shape index (κ3) is 6.26. The van der Waals surface area contributed by atoms with Gasteiger partial charge in [0.25, 0.3) is 5.91 Å². The van der Waals surface area contributed by atoms with Gasteiger partial charge in [0.2, 0.25) is 5.91 Å². The van der Waals surface area contributed by atoms with Crippen LogP contribution < -0.4 is 10.6 Å². The van der Waals surface area contributed by atoms with Gasteiger partial charge >= 0.3 is 5.97 Å². The topological polar surface area (TPSA) is 95.5 Å². The molecule has 0 aliphatic heterocycles. The molecule has 2 amide bonds. The average Bonchev–Trinajstić information content (AvgIpc) is 2.97. The van der Waals surface area contributed by atoms with Crippen molar-refractivity contribution in [3.8, 4) is 0 Å². The fourth-order valence-corrected chi connectivity index (χ4v) is 2.29. The molecule has 0 aromatic carbocycles. The summed E-state index contributed by atoms with van der Waals surface area (Å²) in [5, 5.41) is 18.0. The molecule has 0 atom stereocenters. The van der Waals surface area contributed by atoms with E-state index in [1.165, 1.54) is 11.3 Å². The SMILES string of the molecule is CC(C)(CCNC(=O)CCCNC(=O)c1ccsc1)C(=O)O. The number of amides is 2. The van der Waals surface area contributed by atoms with Crippen LogP contribution in [-0.4, -0.2) is 36.0 Å². The molecule has 0 spiro atoms. The van der Waals surface area contributed by atoms with Crippen molar-refractivity contribution in [1.82, 2.24) is 10.6 Å². The van der Waals surface area contributed by atoms with Gasteiger partial charge in [-0.2, -0.15) is 11.3 Å². The van der Waals surface area contributed by atoms with Crippen LogP contribution in [0.5, 0.6) is 0 Å². The van der Waals surface area contributed by atoms with Crippen LogP contribution in [0.3, 0.4) is 0 Å². The Morgan fingerprint density at radius 1 is 1.23 bits per heavy atom. The summed E-state index contributed by atoms with van der Waals surface area (Å²) in [6.07, 6.45) is 1.23. The highest BCUT2D eigenvalue weighted by atomic mass is 32.1. The molecule has 1 aromatic rings. The summed E-state index contributed by atoms with van der Waals surface area (Å²) in [5.74, 6) is -1.14. The van der Waals surface area contributed by atoms with Gasteiger partial charge in [0.1, 0.15) is 0 Å². The molecule has 0 saturated carbocycles. The molecule has 122 valence electrons. The van der Waals surface area contributed by atoms with Crippen LogP contribution in [0.1, 0.15) is 43.5 Å². The van der Waals surface area contributed by atoms with Crippen molar-refractivity contribution in [2.45, 2.75) is 33.1 Å². The minimum atomic E-state index is -0.877. The zero-order valence-corrected chi connectivity index (χ0v) is 13.7. The van der Waals surface area contributed by atoms with Crippen LogP contribution in [-0.2, 0) is 9.59 Å². The van der Waals surface area contributed by atoms with Crippen LogP contribution in [0, 0.1) is 5.41 Å². The van der Waals surface area contributed by atoms with Crippen molar-refractivity contribution in [3.63, 3.8) is 0 Å². The normalized spacial score (nSPS) is 11.0. The van der Waals surface area contributed by atoms with Crippen LogP contribution in [0.2, 0.25) is 0 Å². The summed E-state index contributed by atoms with van der Waals surface area (Å²) < 4.78 is 0. The monoisotopic (exact) mass is 326 g/mol. The fourth-order valence-electron chi connectivity index (χ4n) is 1.66. The lowest BCUT2D eigenvalue weighted by Crippen LogP contribution is -2.32. The summed E-state index contributed by atoms with van der Waals surface area (Å²) in [4.78, 5) is 34.2. The molecular weight excluding hydrogens is 304 g/mol. The smallest absolute Gasteiger partial charge is 0.309 e. The van der Waals surface area contributed by atoms with Crippen LogP contribution in [0.4, 0.5) is 0 Å². The Hall–Kier alpha value is -1.89. The van der Waals surface area contributed by atoms with Gasteiger partial charge in [0.15, 0.2) is 0 Å². The molecule has 1 rings (SSSR count). The molecule has 22 heavy (non-hydrogen) atoms. The number of rotatable bonds is 9. The van der Waals surface area contributed by atoms with Gasteiger partial charge in [-0.3, -0.25) is 14.4 Å². The van der Waals surface area contributed by atoms with E-state index in [9.17, 15) is 14.4 Å². The van der Waals surface area contributed by atoms with E-state index >= 15 is 0 Å². The van der Waals surface area contributed by atoms with E-state index in [0.29, 0.717) is 37.9 Å². The Labute approximate surface area is 133 Å². The molecule has 1 heterocycles. The third-order valence-corrected chi connectivity index (χ3v) is 3.98. The molecule has 0 fully saturated rings. The molecule has 0 radical (unpaired) electrons. The summed E-state index contributed by atoms with van der Waals surface area (Å²) in [7, 11) is 0. The highest BCUT2D eigenvalue weighted by molar-refractivity contribution is 7.08. The molecule has 0 saturated heterocycles. The lowest BCUT2D eigenvalue weighted by Gasteiger charge is -2.18. The minimum absolute atomic E-state index is 0.133. The molecule has 6 nitrogen and oxygen atoms in total. The molecule has 7 heteroatoms. The number of carboxylic acids is 1. The lowest BCUT2D eigenvalue weighted by atomic mass is 9.90. The number of carboxylic acid groups (broad SMARTS) is 1. The number of carbonyl (C=O) groups excluding carboxylic acids is 2. The number of hydrogen-bond acceptors (Lipinski definition) is 4. The highest BCUT2D eigenvalue weighted by Crippen LogP contribution is 2.19. The Morgan fingerprint density at radius 2 is 1.95 bits per heavy atom. The van der Waals surface area contributed by atoms with Crippen molar-refractivity contribution >= 4 is 29.1 Å². The number of aliphatic carboxylic acids is 1. The van der Waals surface area contributed by atoms with Gasteiger partial charge in [-0.05, 0) is 38.1 Å². The van der Waals surface area contributed by atoms with E-state index in [1.807, 2.05) is 5.38 Å². The molecule has 0 aliphatic rings. The third-order valence-electron chi connectivity index (χ3n) is 3.30. The van der Waals surface area contributed by atoms with E-state index in [1.54, 1.807) is 25.3 Å². The Balaban J connectivity index is 2.11. The van der Waals surface area contributed by atoms with Crippen molar-refractivity contribution < 1.29 is 19.5 Å². The molecular formula is C15H22N2O4S. The number of hydrogen-bond donors (Lipinski definition) is 3. The number of carbonyl (C=O) groups is 3. The number of nitrogens with one attached hydrogen (secondary N) is 2. The van der Waals surface area contributed by atoms with Gasteiger partial charge in [-0.25, -0.2) is 0 Å². The largest absolute Gasteiger partial charge is 0.481 e. The predicted octanol–water partition coefficient (Wildman–Crippen LogP) is 1.88. The summed E-state index contributed by atoms with van der Waals surface area (Å²) >= 11 is 1.46. The van der Waals surface area contributed by atoms with E-state index < -0.39 is 11.4 Å². The van der Waals surface area contributed by atoms with Gasteiger partial charge in [-0.1, -0.05) is 0 Å². The van der Waals surface area contributed by atoms with Gasteiger partial charge in [0.05, 0.1) is 5.41 Å². The summed E-state index contributed by atoms with van der Waals surface area (Å²) in [6.45, 7) is 4.02. The second kappa shape index (κ2) is 8.53. The van der Waals surface area contributed by atoms with E-state index in [-0.39, 0.29) is 11.8 Å². The summed E-state index contributed by atoms with van der Waals surface area (Å²) in [5.41, 5.74) is -0.215. The first kappa shape index (κ1) is 18.2.